The highest BCUT2D eigenvalue weighted by Gasteiger charge is 2.29. The first-order valence-corrected chi connectivity index (χ1v) is 9.37. The number of ether oxygens (including phenoxy) is 1. The molecule has 0 spiro atoms. The van der Waals surface area contributed by atoms with Gasteiger partial charge in [0, 0.05) is 31.0 Å². The number of aromatic amines is 1. The molecular formula is C21H27N3O3. The fourth-order valence-corrected chi connectivity index (χ4v) is 3.33. The molecule has 1 aromatic carbocycles. The molecule has 6 nitrogen and oxygen atoms in total. The highest BCUT2D eigenvalue weighted by Crippen LogP contribution is 2.23. The van der Waals surface area contributed by atoms with Crippen LogP contribution < -0.4 is 5.56 Å². The maximum absolute atomic E-state index is 12.6. The van der Waals surface area contributed by atoms with Crippen LogP contribution in [-0.4, -0.2) is 39.7 Å². The van der Waals surface area contributed by atoms with Crippen molar-refractivity contribution in [1.29, 1.82) is 0 Å². The summed E-state index contributed by atoms with van der Waals surface area (Å²) < 4.78 is 5.49. The third-order valence-corrected chi connectivity index (χ3v) is 4.56. The van der Waals surface area contributed by atoms with Crippen LogP contribution in [0.25, 0.3) is 0 Å². The summed E-state index contributed by atoms with van der Waals surface area (Å²) >= 11 is 0. The number of hydrogen-bond donors (Lipinski definition) is 1. The quantitative estimate of drug-likeness (QED) is 0.882. The molecule has 1 N–H and O–H groups in total. The maximum atomic E-state index is 12.6. The third-order valence-electron chi connectivity index (χ3n) is 4.56. The molecule has 0 fully saturated rings. The first-order chi connectivity index (χ1) is 12.7. The summed E-state index contributed by atoms with van der Waals surface area (Å²) in [5.41, 5.74) is 1.90. The van der Waals surface area contributed by atoms with Gasteiger partial charge in [0.05, 0.1) is 5.69 Å². The minimum absolute atomic E-state index is 0.0353. The maximum Gasteiger partial charge on any atom is 0.410 e. The molecule has 3 rings (SSSR count). The van der Waals surface area contributed by atoms with E-state index >= 15 is 0 Å². The number of carbonyl (C=O) groups is 1. The van der Waals surface area contributed by atoms with E-state index in [1.807, 2.05) is 58.0 Å². The van der Waals surface area contributed by atoms with Gasteiger partial charge in [-0.1, -0.05) is 37.3 Å². The molecule has 0 aliphatic carbocycles. The molecule has 0 saturated carbocycles. The third kappa shape index (κ3) is 4.76. The SMILES string of the molecule is CC1CN(C(=O)OC(C)(C)C)CCc2c1nc(Cc1ccccc1)[nH]c2=O. The zero-order valence-corrected chi connectivity index (χ0v) is 16.4. The highest BCUT2D eigenvalue weighted by molar-refractivity contribution is 5.68. The van der Waals surface area contributed by atoms with E-state index in [-0.39, 0.29) is 17.6 Å². The summed E-state index contributed by atoms with van der Waals surface area (Å²) in [7, 11) is 0. The van der Waals surface area contributed by atoms with Crippen molar-refractivity contribution >= 4 is 6.09 Å². The summed E-state index contributed by atoms with van der Waals surface area (Å²) in [6, 6.07) is 9.93. The van der Waals surface area contributed by atoms with E-state index < -0.39 is 5.60 Å². The molecule has 2 aromatic rings. The topological polar surface area (TPSA) is 75.3 Å². The van der Waals surface area contributed by atoms with E-state index in [2.05, 4.69) is 4.98 Å². The molecule has 27 heavy (non-hydrogen) atoms. The molecule has 1 unspecified atom stereocenters. The monoisotopic (exact) mass is 369 g/mol. The van der Waals surface area contributed by atoms with Crippen LogP contribution in [0.15, 0.2) is 35.1 Å². The second-order valence-corrected chi connectivity index (χ2v) is 8.12. The van der Waals surface area contributed by atoms with Gasteiger partial charge in [0.25, 0.3) is 5.56 Å². The van der Waals surface area contributed by atoms with Crippen LogP contribution in [0.5, 0.6) is 0 Å². The Morgan fingerprint density at radius 2 is 2.00 bits per heavy atom. The van der Waals surface area contributed by atoms with Crippen molar-refractivity contribution in [3.63, 3.8) is 0 Å². The van der Waals surface area contributed by atoms with Gasteiger partial charge in [-0.2, -0.15) is 0 Å². The number of amides is 1. The summed E-state index contributed by atoms with van der Waals surface area (Å²) in [5.74, 6) is 0.620. The van der Waals surface area contributed by atoms with Gasteiger partial charge in [0.15, 0.2) is 0 Å². The molecule has 0 radical (unpaired) electrons. The Morgan fingerprint density at radius 3 is 2.67 bits per heavy atom. The van der Waals surface area contributed by atoms with E-state index in [0.29, 0.717) is 37.3 Å². The Kier molecular flexibility index (Phi) is 5.35. The van der Waals surface area contributed by atoms with Gasteiger partial charge in [-0.05, 0) is 32.8 Å². The minimum Gasteiger partial charge on any atom is -0.444 e. The number of H-pyrrole nitrogens is 1. The lowest BCUT2D eigenvalue weighted by molar-refractivity contribution is 0.0248. The largest absolute Gasteiger partial charge is 0.444 e. The number of nitrogens with zero attached hydrogens (tertiary/aromatic N) is 2. The number of rotatable bonds is 2. The Labute approximate surface area is 159 Å². The lowest BCUT2D eigenvalue weighted by Crippen LogP contribution is -2.39. The number of carbonyl (C=O) groups excluding carboxylic acids is 1. The summed E-state index contributed by atoms with van der Waals surface area (Å²) in [4.78, 5) is 34.4. The number of benzene rings is 1. The van der Waals surface area contributed by atoms with Crippen molar-refractivity contribution in [3.8, 4) is 0 Å². The van der Waals surface area contributed by atoms with Crippen molar-refractivity contribution in [1.82, 2.24) is 14.9 Å². The Hall–Kier alpha value is -2.63. The molecule has 1 amide bonds. The number of aromatic nitrogens is 2. The van der Waals surface area contributed by atoms with Gasteiger partial charge >= 0.3 is 6.09 Å². The number of hydrogen-bond acceptors (Lipinski definition) is 4. The smallest absolute Gasteiger partial charge is 0.410 e. The van der Waals surface area contributed by atoms with E-state index in [1.54, 1.807) is 4.90 Å². The fraction of sp³-hybridized carbons (Fsp3) is 0.476. The number of nitrogens with one attached hydrogen (secondary N) is 1. The lowest BCUT2D eigenvalue weighted by atomic mass is 10.0. The van der Waals surface area contributed by atoms with Gasteiger partial charge in [-0.25, -0.2) is 9.78 Å². The van der Waals surface area contributed by atoms with Crippen LogP contribution in [0.3, 0.4) is 0 Å². The molecule has 0 saturated heterocycles. The van der Waals surface area contributed by atoms with Crippen LogP contribution in [0.4, 0.5) is 4.79 Å². The van der Waals surface area contributed by atoms with Gasteiger partial charge in [-0.3, -0.25) is 4.79 Å². The van der Waals surface area contributed by atoms with E-state index in [4.69, 9.17) is 9.72 Å². The van der Waals surface area contributed by atoms with Crippen molar-refractivity contribution < 1.29 is 9.53 Å². The molecule has 1 aliphatic rings. The molecule has 6 heteroatoms. The van der Waals surface area contributed by atoms with Gasteiger partial charge < -0.3 is 14.6 Å². The van der Waals surface area contributed by atoms with Gasteiger partial charge in [-0.15, -0.1) is 0 Å². The second kappa shape index (κ2) is 7.55. The zero-order valence-electron chi connectivity index (χ0n) is 16.4. The molecule has 1 aliphatic heterocycles. The predicted molar refractivity (Wildman–Crippen MR) is 104 cm³/mol. The first kappa shape index (κ1) is 19.1. The highest BCUT2D eigenvalue weighted by atomic mass is 16.6. The molecular weight excluding hydrogens is 342 g/mol. The van der Waals surface area contributed by atoms with Crippen LogP contribution in [0, 0.1) is 0 Å². The molecule has 1 atom stereocenters. The van der Waals surface area contributed by atoms with Crippen LogP contribution in [0.1, 0.15) is 56.3 Å². The zero-order chi connectivity index (χ0) is 19.6. The van der Waals surface area contributed by atoms with Gasteiger partial charge in [0.2, 0.25) is 0 Å². The Bertz CT molecular complexity index is 868. The lowest BCUT2D eigenvalue weighted by Gasteiger charge is -2.27. The molecule has 144 valence electrons. The van der Waals surface area contributed by atoms with Crippen molar-refractivity contribution in [2.24, 2.45) is 0 Å². The summed E-state index contributed by atoms with van der Waals surface area (Å²) in [6.07, 6.45) is 0.710. The van der Waals surface area contributed by atoms with Crippen LogP contribution >= 0.6 is 0 Å². The summed E-state index contributed by atoms with van der Waals surface area (Å²) in [5, 5.41) is 0. The average Bonchev–Trinajstić information content (AvgIpc) is 2.74. The Morgan fingerprint density at radius 1 is 1.30 bits per heavy atom. The standard InChI is InChI=1S/C21H27N3O3/c1-14-13-24(20(26)27-21(2,3)4)11-10-16-18(14)22-17(23-19(16)25)12-15-8-6-5-7-9-15/h5-9,14H,10-13H2,1-4H3,(H,22,23,25). The Balaban J connectivity index is 1.83. The van der Waals surface area contributed by atoms with Crippen LogP contribution in [-0.2, 0) is 17.6 Å². The molecule has 0 bridgehead atoms. The fourth-order valence-electron chi connectivity index (χ4n) is 3.33. The van der Waals surface area contributed by atoms with Crippen molar-refractivity contribution in [3.05, 3.63) is 63.3 Å². The van der Waals surface area contributed by atoms with E-state index in [0.717, 1.165) is 11.3 Å². The molecule has 1 aromatic heterocycles. The first-order valence-electron chi connectivity index (χ1n) is 9.37. The van der Waals surface area contributed by atoms with E-state index in [9.17, 15) is 9.59 Å². The number of fused-ring (bicyclic) bond motifs is 1. The van der Waals surface area contributed by atoms with Crippen molar-refractivity contribution in [2.75, 3.05) is 13.1 Å². The molecule has 2 heterocycles. The second-order valence-electron chi connectivity index (χ2n) is 8.12. The average molecular weight is 369 g/mol. The van der Waals surface area contributed by atoms with Gasteiger partial charge in [0.1, 0.15) is 11.4 Å². The predicted octanol–water partition coefficient (Wildman–Crippen LogP) is 3.26. The van der Waals surface area contributed by atoms with Crippen molar-refractivity contribution in [2.45, 2.75) is 52.1 Å². The normalized spacial score (nSPS) is 17.2. The minimum atomic E-state index is -0.544. The summed E-state index contributed by atoms with van der Waals surface area (Å²) in [6.45, 7) is 8.49. The van der Waals surface area contributed by atoms with Crippen LogP contribution in [0.2, 0.25) is 0 Å². The van der Waals surface area contributed by atoms with E-state index in [1.165, 1.54) is 0 Å².